The smallest absolute Gasteiger partial charge is 0.383 e. The van der Waals surface area contributed by atoms with Gasteiger partial charge in [0.25, 0.3) is 5.91 Å². The summed E-state index contributed by atoms with van der Waals surface area (Å²) < 4.78 is 40.5. The molecule has 0 radical (unpaired) electrons. The number of piperazine rings is 1. The van der Waals surface area contributed by atoms with Crippen LogP contribution in [0.25, 0.3) is 0 Å². The maximum absolute atomic E-state index is 13.5. The normalized spacial score (nSPS) is 15.8. The lowest BCUT2D eigenvalue weighted by Gasteiger charge is -2.32. The molecule has 1 saturated heterocycles. The molecule has 0 atom stereocenters. The van der Waals surface area contributed by atoms with Crippen molar-refractivity contribution in [2.45, 2.75) is 39.5 Å². The summed E-state index contributed by atoms with van der Waals surface area (Å²) in [5, 5.41) is 5.94. The minimum absolute atomic E-state index is 0.146. The van der Waals surface area contributed by atoms with Crippen LogP contribution in [0.15, 0.2) is 36.4 Å². The average molecular weight is 449 g/mol. The van der Waals surface area contributed by atoms with Crippen molar-refractivity contribution in [1.29, 1.82) is 0 Å². The number of anilines is 2. The van der Waals surface area contributed by atoms with Gasteiger partial charge < -0.3 is 15.5 Å². The van der Waals surface area contributed by atoms with Gasteiger partial charge in [-0.1, -0.05) is 6.07 Å². The van der Waals surface area contributed by atoms with E-state index in [0.717, 1.165) is 43.5 Å². The van der Waals surface area contributed by atoms with Crippen molar-refractivity contribution in [3.8, 4) is 0 Å². The largest absolute Gasteiger partial charge is 0.416 e. The Hall–Kier alpha value is -2.58. The first-order valence-electron chi connectivity index (χ1n) is 10.8. The molecule has 5 nitrogen and oxygen atoms in total. The van der Waals surface area contributed by atoms with Crippen LogP contribution in [0.3, 0.4) is 0 Å². The summed E-state index contributed by atoms with van der Waals surface area (Å²) in [6, 6.07) is 9.21. The summed E-state index contributed by atoms with van der Waals surface area (Å²) in [5.41, 5.74) is 2.12. The molecule has 32 heavy (non-hydrogen) atoms. The number of halogens is 3. The molecule has 0 aromatic heterocycles. The molecule has 0 bridgehead atoms. The first-order valence-corrected chi connectivity index (χ1v) is 10.8. The van der Waals surface area contributed by atoms with Gasteiger partial charge in [0.1, 0.15) is 0 Å². The highest BCUT2D eigenvalue weighted by atomic mass is 19.4. The van der Waals surface area contributed by atoms with Gasteiger partial charge in [0.05, 0.1) is 5.56 Å². The molecular formula is C24H31F3N4O. The van der Waals surface area contributed by atoms with Crippen LogP contribution in [-0.4, -0.2) is 55.0 Å². The van der Waals surface area contributed by atoms with E-state index in [1.165, 1.54) is 6.07 Å². The number of rotatable bonds is 6. The lowest BCUT2D eigenvalue weighted by Crippen LogP contribution is -2.43. The monoisotopic (exact) mass is 448 g/mol. The van der Waals surface area contributed by atoms with Crippen molar-refractivity contribution in [3.05, 3.63) is 58.7 Å². The van der Waals surface area contributed by atoms with Crippen LogP contribution in [0.5, 0.6) is 0 Å². The maximum atomic E-state index is 13.5. The molecule has 0 saturated carbocycles. The van der Waals surface area contributed by atoms with Crippen molar-refractivity contribution in [3.63, 3.8) is 0 Å². The number of carbonyl (C=O) groups is 1. The van der Waals surface area contributed by atoms with Crippen molar-refractivity contribution >= 4 is 17.3 Å². The van der Waals surface area contributed by atoms with E-state index in [0.29, 0.717) is 17.7 Å². The van der Waals surface area contributed by atoms with Gasteiger partial charge in [-0.05, 0) is 69.3 Å². The molecule has 174 valence electrons. The second-order valence-corrected chi connectivity index (χ2v) is 8.78. The van der Waals surface area contributed by atoms with Gasteiger partial charge in [-0.15, -0.1) is 0 Å². The van der Waals surface area contributed by atoms with Gasteiger partial charge in [-0.25, -0.2) is 0 Å². The molecule has 2 aromatic rings. The maximum Gasteiger partial charge on any atom is 0.416 e. The van der Waals surface area contributed by atoms with Gasteiger partial charge in [-0.3, -0.25) is 9.69 Å². The average Bonchev–Trinajstić information content (AvgIpc) is 2.70. The summed E-state index contributed by atoms with van der Waals surface area (Å²) in [5.74, 6) is -0.443. The fraction of sp³-hybridized carbons (Fsp3) is 0.458. The predicted octanol–water partition coefficient (Wildman–Crippen LogP) is 4.83. The van der Waals surface area contributed by atoms with E-state index < -0.39 is 17.6 Å². The molecule has 1 fully saturated rings. The van der Waals surface area contributed by atoms with Crippen LogP contribution in [0.4, 0.5) is 24.5 Å². The standard InChI is InChI=1S/C24H31F3N4O/c1-16(2)28-22-13-19(6-5-17(22)3)23(32)29-21-12-18(11-20(14-21)24(25,26)27)15-31-9-7-30(4)8-10-31/h5-6,11-14,16,28H,7-10,15H2,1-4H3,(H,29,32). The number of aryl methyl sites for hydroxylation is 1. The molecule has 2 N–H and O–H groups in total. The fourth-order valence-corrected chi connectivity index (χ4v) is 3.72. The highest BCUT2D eigenvalue weighted by molar-refractivity contribution is 6.05. The van der Waals surface area contributed by atoms with Crippen LogP contribution in [0.2, 0.25) is 0 Å². The molecule has 0 aliphatic carbocycles. The fourth-order valence-electron chi connectivity index (χ4n) is 3.72. The van der Waals surface area contributed by atoms with Gasteiger partial charge in [0.2, 0.25) is 0 Å². The third-order valence-corrected chi connectivity index (χ3v) is 5.52. The first-order chi connectivity index (χ1) is 15.0. The zero-order valence-corrected chi connectivity index (χ0v) is 19.0. The van der Waals surface area contributed by atoms with Crippen LogP contribution < -0.4 is 10.6 Å². The lowest BCUT2D eigenvalue weighted by molar-refractivity contribution is -0.137. The summed E-state index contributed by atoms with van der Waals surface area (Å²) in [6.45, 7) is 9.68. The van der Waals surface area contributed by atoms with Crippen LogP contribution in [0, 0.1) is 6.92 Å². The first kappa shape index (κ1) is 24.1. The van der Waals surface area contributed by atoms with Crippen LogP contribution in [0.1, 0.15) is 40.9 Å². The zero-order valence-electron chi connectivity index (χ0n) is 19.0. The third kappa shape index (κ3) is 6.46. The van der Waals surface area contributed by atoms with Crippen molar-refractivity contribution in [2.75, 3.05) is 43.9 Å². The molecule has 0 spiro atoms. The van der Waals surface area contributed by atoms with Crippen molar-refractivity contribution < 1.29 is 18.0 Å². The molecule has 0 unspecified atom stereocenters. The van der Waals surface area contributed by atoms with Crippen LogP contribution >= 0.6 is 0 Å². The molecule has 1 heterocycles. The molecule has 1 aliphatic heterocycles. The number of likely N-dealkylation sites (N-methyl/N-ethyl adjacent to an activating group) is 1. The van der Waals surface area contributed by atoms with E-state index in [9.17, 15) is 18.0 Å². The highest BCUT2D eigenvalue weighted by Gasteiger charge is 2.31. The Bertz CT molecular complexity index is 951. The van der Waals surface area contributed by atoms with E-state index in [2.05, 4.69) is 20.4 Å². The van der Waals surface area contributed by atoms with Gasteiger partial charge in [-0.2, -0.15) is 13.2 Å². The molecule has 8 heteroatoms. The number of amides is 1. The minimum Gasteiger partial charge on any atom is -0.383 e. The van der Waals surface area contributed by atoms with E-state index in [1.807, 2.05) is 33.9 Å². The minimum atomic E-state index is -4.49. The Morgan fingerprint density at radius 1 is 1.06 bits per heavy atom. The van der Waals surface area contributed by atoms with Gasteiger partial charge in [0.15, 0.2) is 0 Å². The van der Waals surface area contributed by atoms with Crippen molar-refractivity contribution in [1.82, 2.24) is 9.80 Å². The predicted molar refractivity (Wildman–Crippen MR) is 122 cm³/mol. The summed E-state index contributed by atoms with van der Waals surface area (Å²) in [6.07, 6.45) is -4.49. The van der Waals surface area contributed by atoms with E-state index in [1.54, 1.807) is 18.2 Å². The van der Waals surface area contributed by atoms with E-state index in [-0.39, 0.29) is 11.7 Å². The molecule has 1 amide bonds. The zero-order chi connectivity index (χ0) is 23.5. The number of alkyl halides is 3. The quantitative estimate of drug-likeness (QED) is 0.664. The van der Waals surface area contributed by atoms with Gasteiger partial charge in [0, 0.05) is 55.7 Å². The summed E-state index contributed by atoms with van der Waals surface area (Å²) >= 11 is 0. The SMILES string of the molecule is Cc1ccc(C(=O)Nc2cc(CN3CCN(C)CC3)cc(C(F)(F)F)c2)cc1NC(C)C. The van der Waals surface area contributed by atoms with Crippen molar-refractivity contribution in [2.24, 2.45) is 0 Å². The second kappa shape index (κ2) is 9.92. The number of nitrogens with one attached hydrogen (secondary N) is 2. The lowest BCUT2D eigenvalue weighted by atomic mass is 10.1. The van der Waals surface area contributed by atoms with Gasteiger partial charge >= 0.3 is 6.18 Å². The number of hydrogen-bond donors (Lipinski definition) is 2. The molecular weight excluding hydrogens is 417 g/mol. The van der Waals surface area contributed by atoms with E-state index in [4.69, 9.17) is 0 Å². The molecule has 3 rings (SSSR count). The Labute approximate surface area is 187 Å². The number of carbonyl (C=O) groups excluding carboxylic acids is 1. The Balaban J connectivity index is 1.82. The number of hydrogen-bond acceptors (Lipinski definition) is 4. The highest BCUT2D eigenvalue weighted by Crippen LogP contribution is 2.32. The molecule has 2 aromatic carbocycles. The number of benzene rings is 2. The Morgan fingerprint density at radius 3 is 2.38 bits per heavy atom. The second-order valence-electron chi connectivity index (χ2n) is 8.78. The summed E-state index contributed by atoms with van der Waals surface area (Å²) in [7, 11) is 2.03. The third-order valence-electron chi connectivity index (χ3n) is 5.52. The van der Waals surface area contributed by atoms with E-state index >= 15 is 0 Å². The Kier molecular flexibility index (Phi) is 7.46. The topological polar surface area (TPSA) is 47.6 Å². The summed E-state index contributed by atoms with van der Waals surface area (Å²) in [4.78, 5) is 17.1. The number of nitrogens with zero attached hydrogens (tertiary/aromatic N) is 2. The molecule has 1 aliphatic rings. The van der Waals surface area contributed by atoms with Crippen LogP contribution in [-0.2, 0) is 12.7 Å². The Morgan fingerprint density at radius 2 is 1.75 bits per heavy atom.